The van der Waals surface area contributed by atoms with Crippen molar-refractivity contribution in [1.82, 2.24) is 5.43 Å². The normalized spacial score (nSPS) is 13.7. The molecule has 0 aliphatic rings. The largest absolute Gasteiger partial charge is 0.379 e. The standard InChI is InChI=1S/C13H20F2N2O/c1-8-5-6-9(14)11(12(8)15)10(17-16)7-13(2,3)18-4/h5-6,10,17H,7,16H2,1-4H3. The van der Waals surface area contributed by atoms with Gasteiger partial charge in [-0.2, -0.15) is 0 Å². The molecule has 1 unspecified atom stereocenters. The fourth-order valence-electron chi connectivity index (χ4n) is 1.82. The van der Waals surface area contributed by atoms with E-state index in [1.54, 1.807) is 14.0 Å². The molecule has 1 aromatic rings. The molecule has 0 aliphatic carbocycles. The summed E-state index contributed by atoms with van der Waals surface area (Å²) in [6, 6.07) is 2.01. The zero-order chi connectivity index (χ0) is 13.9. The molecule has 0 amide bonds. The molecule has 1 aromatic carbocycles. The van der Waals surface area contributed by atoms with Crippen LogP contribution < -0.4 is 11.3 Å². The predicted molar refractivity (Wildman–Crippen MR) is 66.9 cm³/mol. The van der Waals surface area contributed by atoms with Crippen LogP contribution in [0.5, 0.6) is 0 Å². The van der Waals surface area contributed by atoms with Gasteiger partial charge in [-0.15, -0.1) is 0 Å². The SMILES string of the molecule is COC(C)(C)CC(NN)c1c(F)ccc(C)c1F. The number of halogens is 2. The summed E-state index contributed by atoms with van der Waals surface area (Å²) in [5, 5.41) is 0. The van der Waals surface area contributed by atoms with Gasteiger partial charge in [-0.1, -0.05) is 6.07 Å². The number of ether oxygens (including phenoxy) is 1. The van der Waals surface area contributed by atoms with E-state index in [0.717, 1.165) is 0 Å². The molecule has 1 atom stereocenters. The minimum atomic E-state index is -0.639. The first-order chi connectivity index (χ1) is 8.32. The number of nitrogens with two attached hydrogens (primary N) is 1. The third-order valence-corrected chi connectivity index (χ3v) is 3.12. The molecule has 1 rings (SSSR count). The summed E-state index contributed by atoms with van der Waals surface area (Å²) in [6.45, 7) is 5.26. The van der Waals surface area contributed by atoms with Crippen molar-refractivity contribution in [2.24, 2.45) is 5.84 Å². The molecule has 3 N–H and O–H groups in total. The maximum Gasteiger partial charge on any atom is 0.133 e. The number of aryl methyl sites for hydroxylation is 1. The lowest BCUT2D eigenvalue weighted by Crippen LogP contribution is -2.36. The number of hydrogen-bond donors (Lipinski definition) is 2. The summed E-state index contributed by atoms with van der Waals surface area (Å²) in [4.78, 5) is 0. The van der Waals surface area contributed by atoms with Gasteiger partial charge in [0.2, 0.25) is 0 Å². The lowest BCUT2D eigenvalue weighted by Gasteiger charge is -2.29. The number of hydrogen-bond acceptors (Lipinski definition) is 3. The van der Waals surface area contributed by atoms with Crippen molar-refractivity contribution in [3.05, 3.63) is 34.9 Å². The van der Waals surface area contributed by atoms with E-state index in [4.69, 9.17) is 10.6 Å². The molecular weight excluding hydrogens is 238 g/mol. The molecule has 0 radical (unpaired) electrons. The molecule has 0 saturated carbocycles. The summed E-state index contributed by atoms with van der Waals surface area (Å²) in [6.07, 6.45) is 0.358. The van der Waals surface area contributed by atoms with Crippen molar-refractivity contribution >= 4 is 0 Å². The smallest absolute Gasteiger partial charge is 0.133 e. The molecule has 0 fully saturated rings. The van der Waals surface area contributed by atoms with Crippen LogP contribution in [0.25, 0.3) is 0 Å². The molecule has 0 spiro atoms. The van der Waals surface area contributed by atoms with Crippen LogP contribution >= 0.6 is 0 Å². The van der Waals surface area contributed by atoms with E-state index in [2.05, 4.69) is 5.43 Å². The molecule has 18 heavy (non-hydrogen) atoms. The molecular formula is C13H20F2N2O. The van der Waals surface area contributed by atoms with Crippen LogP contribution in [0.15, 0.2) is 12.1 Å². The van der Waals surface area contributed by atoms with Gasteiger partial charge in [-0.05, 0) is 38.8 Å². The highest BCUT2D eigenvalue weighted by Crippen LogP contribution is 2.30. The summed E-state index contributed by atoms with van der Waals surface area (Å²) in [5.41, 5.74) is 2.28. The second-order valence-electron chi connectivity index (χ2n) is 4.98. The number of hydrazine groups is 1. The molecule has 0 bridgehead atoms. The number of nitrogens with one attached hydrogen (secondary N) is 1. The van der Waals surface area contributed by atoms with Crippen LogP contribution in [0.1, 0.15) is 37.4 Å². The maximum atomic E-state index is 14.0. The Balaban J connectivity index is 3.13. The monoisotopic (exact) mass is 258 g/mol. The Labute approximate surface area is 106 Å². The number of benzene rings is 1. The second-order valence-corrected chi connectivity index (χ2v) is 4.98. The first-order valence-corrected chi connectivity index (χ1v) is 5.78. The summed E-state index contributed by atoms with van der Waals surface area (Å²) in [5.74, 6) is 4.25. The Kier molecular flexibility index (Phi) is 4.78. The van der Waals surface area contributed by atoms with Gasteiger partial charge in [-0.3, -0.25) is 11.3 Å². The van der Waals surface area contributed by atoms with E-state index >= 15 is 0 Å². The number of methoxy groups -OCH3 is 1. The minimum Gasteiger partial charge on any atom is -0.379 e. The Bertz CT molecular complexity index is 422. The molecule has 3 nitrogen and oxygen atoms in total. The molecule has 0 heterocycles. The fraction of sp³-hybridized carbons (Fsp3) is 0.538. The van der Waals surface area contributed by atoms with Crippen LogP contribution in [-0.2, 0) is 4.74 Å². The van der Waals surface area contributed by atoms with Gasteiger partial charge < -0.3 is 4.74 Å². The average molecular weight is 258 g/mol. The minimum absolute atomic E-state index is 0.0392. The van der Waals surface area contributed by atoms with Crippen LogP contribution in [0.3, 0.4) is 0 Å². The van der Waals surface area contributed by atoms with Crippen molar-refractivity contribution in [3.8, 4) is 0 Å². The van der Waals surface area contributed by atoms with E-state index in [1.807, 2.05) is 13.8 Å². The Hall–Kier alpha value is -1.04. The van der Waals surface area contributed by atoms with Crippen LogP contribution in [0.2, 0.25) is 0 Å². The van der Waals surface area contributed by atoms with Crippen LogP contribution in [0.4, 0.5) is 8.78 Å². The molecule has 0 aliphatic heterocycles. The van der Waals surface area contributed by atoms with E-state index in [0.29, 0.717) is 12.0 Å². The van der Waals surface area contributed by atoms with Gasteiger partial charge in [0.05, 0.1) is 11.6 Å². The van der Waals surface area contributed by atoms with Crippen molar-refractivity contribution in [2.75, 3.05) is 7.11 Å². The summed E-state index contributed by atoms with van der Waals surface area (Å²) >= 11 is 0. The summed E-state index contributed by atoms with van der Waals surface area (Å²) < 4.78 is 33.0. The van der Waals surface area contributed by atoms with Crippen molar-refractivity contribution in [1.29, 1.82) is 0 Å². The topological polar surface area (TPSA) is 47.3 Å². The maximum absolute atomic E-state index is 14.0. The first kappa shape index (κ1) is 15.0. The lowest BCUT2D eigenvalue weighted by molar-refractivity contribution is 0.00625. The third-order valence-electron chi connectivity index (χ3n) is 3.12. The highest BCUT2D eigenvalue weighted by atomic mass is 19.1. The van der Waals surface area contributed by atoms with Gasteiger partial charge in [0.25, 0.3) is 0 Å². The Morgan fingerprint density at radius 2 is 2.00 bits per heavy atom. The molecule has 102 valence electrons. The highest BCUT2D eigenvalue weighted by molar-refractivity contribution is 5.29. The summed E-state index contributed by atoms with van der Waals surface area (Å²) in [7, 11) is 1.55. The van der Waals surface area contributed by atoms with Gasteiger partial charge in [0.15, 0.2) is 0 Å². The van der Waals surface area contributed by atoms with Crippen molar-refractivity contribution in [2.45, 2.75) is 38.8 Å². The zero-order valence-corrected chi connectivity index (χ0v) is 11.2. The van der Waals surface area contributed by atoms with E-state index in [-0.39, 0.29) is 5.56 Å². The quantitative estimate of drug-likeness (QED) is 0.630. The average Bonchev–Trinajstić information content (AvgIpc) is 2.33. The molecule has 0 saturated heterocycles. The van der Waals surface area contributed by atoms with Crippen molar-refractivity contribution < 1.29 is 13.5 Å². The van der Waals surface area contributed by atoms with Gasteiger partial charge in [0.1, 0.15) is 11.6 Å². The molecule has 5 heteroatoms. The third kappa shape index (κ3) is 3.25. The second kappa shape index (κ2) is 5.73. The Morgan fingerprint density at radius 1 is 1.39 bits per heavy atom. The Morgan fingerprint density at radius 3 is 2.50 bits per heavy atom. The van der Waals surface area contributed by atoms with Crippen LogP contribution in [-0.4, -0.2) is 12.7 Å². The fourth-order valence-corrected chi connectivity index (χ4v) is 1.82. The predicted octanol–water partition coefficient (Wildman–Crippen LogP) is 2.59. The van der Waals surface area contributed by atoms with Crippen LogP contribution in [0, 0.1) is 18.6 Å². The van der Waals surface area contributed by atoms with Gasteiger partial charge in [0, 0.05) is 12.7 Å². The van der Waals surface area contributed by atoms with E-state index < -0.39 is 23.3 Å². The zero-order valence-electron chi connectivity index (χ0n) is 11.2. The number of rotatable bonds is 5. The first-order valence-electron chi connectivity index (χ1n) is 5.78. The van der Waals surface area contributed by atoms with Crippen molar-refractivity contribution in [3.63, 3.8) is 0 Å². The van der Waals surface area contributed by atoms with Gasteiger partial charge in [-0.25, -0.2) is 8.78 Å². The van der Waals surface area contributed by atoms with Gasteiger partial charge >= 0.3 is 0 Å². The van der Waals surface area contributed by atoms with E-state index in [9.17, 15) is 8.78 Å². The highest BCUT2D eigenvalue weighted by Gasteiger charge is 2.27. The lowest BCUT2D eigenvalue weighted by atomic mass is 9.92. The van der Waals surface area contributed by atoms with E-state index in [1.165, 1.54) is 12.1 Å². The molecule has 0 aromatic heterocycles.